The predicted octanol–water partition coefficient (Wildman–Crippen LogP) is 11.2. The van der Waals surface area contributed by atoms with Crippen molar-refractivity contribution in [2.45, 2.75) is 63.2 Å². The Labute approximate surface area is 300 Å². The van der Waals surface area contributed by atoms with Gasteiger partial charge in [0.2, 0.25) is 0 Å². The van der Waals surface area contributed by atoms with E-state index in [9.17, 15) is 5.26 Å². The molecule has 4 nitrogen and oxygen atoms in total. The molecule has 4 bridgehead atoms. The first kappa shape index (κ1) is 30.4. The Bertz CT molecular complexity index is 2350. The van der Waals surface area contributed by atoms with Gasteiger partial charge in [-0.2, -0.15) is 5.26 Å². The summed E-state index contributed by atoms with van der Waals surface area (Å²) in [6.07, 6.45) is 8.50. The molecule has 1 aromatic heterocycles. The van der Waals surface area contributed by atoms with Crippen molar-refractivity contribution in [2.24, 2.45) is 17.8 Å². The van der Waals surface area contributed by atoms with Crippen LogP contribution in [0.15, 0.2) is 115 Å². The van der Waals surface area contributed by atoms with E-state index in [1.807, 2.05) is 30.3 Å². The van der Waals surface area contributed by atoms with Gasteiger partial charge in [-0.05, 0) is 119 Å². The molecule has 1 heterocycles. The standard InChI is InChI=1S/C47H40N4/c1-46(2)41-23-29(28-48)12-18-38(41)39-19-15-35(24-42(39)46)44-49-43(34-8-4-3-5-9-34)50-45(51-44)40-11-7-6-10-37(40)33-13-16-36(17-14-33)47-25-30-20-31(26-47)22-32(21-30)27-47/h3-19,23-24,30-32H,20-22,25-27H2,1-2H3. The third-order valence-electron chi connectivity index (χ3n) is 12.7. The lowest BCUT2D eigenvalue weighted by Crippen LogP contribution is -2.48. The van der Waals surface area contributed by atoms with Crippen molar-refractivity contribution in [1.82, 2.24) is 15.0 Å². The number of aromatic nitrogens is 3. The molecule has 11 rings (SSSR count). The summed E-state index contributed by atoms with van der Waals surface area (Å²) in [5.41, 5.74) is 12.3. The van der Waals surface area contributed by atoms with Gasteiger partial charge in [-0.3, -0.25) is 0 Å². The van der Waals surface area contributed by atoms with Gasteiger partial charge in [-0.1, -0.05) is 111 Å². The van der Waals surface area contributed by atoms with Crippen molar-refractivity contribution in [3.05, 3.63) is 138 Å². The third-order valence-corrected chi connectivity index (χ3v) is 12.7. The second kappa shape index (κ2) is 11.3. The zero-order valence-corrected chi connectivity index (χ0v) is 29.2. The molecule has 0 N–H and O–H groups in total. The average molecular weight is 661 g/mol. The highest BCUT2D eigenvalue weighted by molar-refractivity contribution is 5.85. The molecule has 4 saturated carbocycles. The van der Waals surface area contributed by atoms with Crippen LogP contribution in [0.3, 0.4) is 0 Å². The topological polar surface area (TPSA) is 62.5 Å². The summed E-state index contributed by atoms with van der Waals surface area (Å²) in [6, 6.07) is 43.2. The van der Waals surface area contributed by atoms with Gasteiger partial charge < -0.3 is 0 Å². The van der Waals surface area contributed by atoms with Gasteiger partial charge in [0.25, 0.3) is 0 Å². The SMILES string of the molecule is CC1(C)c2cc(C#N)ccc2-c2ccc(-c3nc(-c4ccccc4)nc(-c4ccccc4-c4ccc(C56CC7CC(CC(C7)C5)C6)cc4)n3)cc21. The zero-order valence-electron chi connectivity index (χ0n) is 29.2. The fourth-order valence-electron chi connectivity index (χ4n) is 10.7. The van der Waals surface area contributed by atoms with Gasteiger partial charge in [0.05, 0.1) is 11.6 Å². The minimum atomic E-state index is -0.263. The monoisotopic (exact) mass is 660 g/mol. The predicted molar refractivity (Wildman–Crippen MR) is 204 cm³/mol. The largest absolute Gasteiger partial charge is 0.208 e. The van der Waals surface area contributed by atoms with Crippen LogP contribution in [0.4, 0.5) is 0 Å². The molecule has 4 fully saturated rings. The Morgan fingerprint density at radius 1 is 0.529 bits per heavy atom. The summed E-state index contributed by atoms with van der Waals surface area (Å²) >= 11 is 0. The summed E-state index contributed by atoms with van der Waals surface area (Å²) in [5.74, 6) is 4.76. The summed E-state index contributed by atoms with van der Waals surface area (Å²) in [5, 5.41) is 9.62. The number of hydrogen-bond acceptors (Lipinski definition) is 4. The molecule has 0 unspecified atom stereocenters. The van der Waals surface area contributed by atoms with Crippen LogP contribution < -0.4 is 0 Å². The second-order valence-electron chi connectivity index (χ2n) is 16.3. The van der Waals surface area contributed by atoms with Gasteiger partial charge in [0.1, 0.15) is 0 Å². The Morgan fingerprint density at radius 2 is 1.08 bits per heavy atom. The van der Waals surface area contributed by atoms with Crippen LogP contribution in [0.1, 0.15) is 74.6 Å². The van der Waals surface area contributed by atoms with Crippen LogP contribution in [0.25, 0.3) is 56.4 Å². The van der Waals surface area contributed by atoms with Gasteiger partial charge in [0, 0.05) is 22.1 Å². The molecule has 0 saturated heterocycles. The highest BCUT2D eigenvalue weighted by Gasteiger charge is 2.51. The van der Waals surface area contributed by atoms with Crippen LogP contribution in [0.5, 0.6) is 0 Å². The molecule has 248 valence electrons. The van der Waals surface area contributed by atoms with Crippen LogP contribution in [-0.4, -0.2) is 15.0 Å². The Kier molecular flexibility index (Phi) is 6.74. The molecule has 0 spiro atoms. The minimum absolute atomic E-state index is 0.263. The summed E-state index contributed by atoms with van der Waals surface area (Å²) < 4.78 is 0. The molecule has 5 aliphatic rings. The number of nitrogens with zero attached hydrogens (tertiary/aromatic N) is 4. The maximum absolute atomic E-state index is 9.62. The Morgan fingerprint density at radius 3 is 1.75 bits per heavy atom. The summed E-state index contributed by atoms with van der Waals surface area (Å²) in [6.45, 7) is 4.48. The lowest BCUT2D eigenvalue weighted by Gasteiger charge is -2.57. The molecule has 0 radical (unpaired) electrons. The van der Waals surface area contributed by atoms with Crippen molar-refractivity contribution in [3.63, 3.8) is 0 Å². The molecule has 0 atom stereocenters. The lowest BCUT2D eigenvalue weighted by atomic mass is 9.48. The van der Waals surface area contributed by atoms with E-state index in [0.29, 0.717) is 28.5 Å². The normalized spacial score (nSPS) is 23.4. The van der Waals surface area contributed by atoms with E-state index in [1.165, 1.54) is 66.3 Å². The fourth-order valence-corrected chi connectivity index (χ4v) is 10.7. The lowest BCUT2D eigenvalue weighted by molar-refractivity contribution is -0.00518. The van der Waals surface area contributed by atoms with Gasteiger partial charge in [-0.15, -0.1) is 0 Å². The van der Waals surface area contributed by atoms with E-state index >= 15 is 0 Å². The Balaban J connectivity index is 1.06. The van der Waals surface area contributed by atoms with Crippen molar-refractivity contribution in [3.8, 4) is 62.5 Å². The van der Waals surface area contributed by atoms with Crippen molar-refractivity contribution < 1.29 is 0 Å². The molecule has 5 aromatic carbocycles. The Hall–Kier alpha value is -5.40. The molecule has 6 aromatic rings. The van der Waals surface area contributed by atoms with Crippen molar-refractivity contribution in [1.29, 1.82) is 5.26 Å². The molecule has 5 aliphatic carbocycles. The fraction of sp³-hybridized carbons (Fsp3) is 0.277. The second-order valence-corrected chi connectivity index (χ2v) is 16.3. The maximum Gasteiger partial charge on any atom is 0.164 e. The first-order valence-corrected chi connectivity index (χ1v) is 18.6. The van der Waals surface area contributed by atoms with E-state index < -0.39 is 0 Å². The molecule has 4 heteroatoms. The zero-order chi connectivity index (χ0) is 34.3. The molecule has 0 amide bonds. The maximum atomic E-state index is 9.62. The number of hydrogen-bond donors (Lipinski definition) is 0. The van der Waals surface area contributed by atoms with E-state index in [-0.39, 0.29) is 5.41 Å². The molecule has 51 heavy (non-hydrogen) atoms. The van der Waals surface area contributed by atoms with Gasteiger partial charge in [-0.25, -0.2) is 15.0 Å². The summed E-state index contributed by atoms with van der Waals surface area (Å²) in [4.78, 5) is 15.4. The van der Waals surface area contributed by atoms with Crippen LogP contribution >= 0.6 is 0 Å². The molecular formula is C47H40N4. The van der Waals surface area contributed by atoms with Gasteiger partial charge >= 0.3 is 0 Å². The van der Waals surface area contributed by atoms with Crippen molar-refractivity contribution >= 4 is 0 Å². The van der Waals surface area contributed by atoms with E-state index in [2.05, 4.69) is 105 Å². The first-order valence-electron chi connectivity index (χ1n) is 18.6. The van der Waals surface area contributed by atoms with Crippen molar-refractivity contribution in [2.75, 3.05) is 0 Å². The van der Waals surface area contributed by atoms with Crippen LogP contribution in [-0.2, 0) is 10.8 Å². The van der Waals surface area contributed by atoms with E-state index in [1.54, 1.807) is 5.56 Å². The van der Waals surface area contributed by atoms with Crippen LogP contribution in [0, 0.1) is 29.1 Å². The number of rotatable bonds is 5. The number of benzene rings is 5. The molecule has 0 aliphatic heterocycles. The highest BCUT2D eigenvalue weighted by atomic mass is 15.0. The summed E-state index contributed by atoms with van der Waals surface area (Å²) in [7, 11) is 0. The van der Waals surface area contributed by atoms with E-state index in [4.69, 9.17) is 15.0 Å². The molecular weight excluding hydrogens is 621 g/mol. The third kappa shape index (κ3) is 4.89. The highest BCUT2D eigenvalue weighted by Crippen LogP contribution is 2.61. The van der Waals surface area contributed by atoms with E-state index in [0.717, 1.165) is 40.0 Å². The smallest absolute Gasteiger partial charge is 0.164 e. The number of fused-ring (bicyclic) bond motifs is 3. The quantitative estimate of drug-likeness (QED) is 0.185. The first-order chi connectivity index (χ1) is 24.9. The van der Waals surface area contributed by atoms with Gasteiger partial charge in [0.15, 0.2) is 17.5 Å². The number of nitriles is 1. The van der Waals surface area contributed by atoms with Crippen LogP contribution in [0.2, 0.25) is 0 Å². The average Bonchev–Trinajstić information content (AvgIpc) is 3.39. The minimum Gasteiger partial charge on any atom is -0.208 e.